The molecule has 2 N–H and O–H groups in total. The first kappa shape index (κ1) is 19.2. The lowest BCUT2D eigenvalue weighted by Crippen LogP contribution is -2.50. The van der Waals surface area contributed by atoms with Crippen LogP contribution in [-0.4, -0.2) is 24.4 Å². The summed E-state index contributed by atoms with van der Waals surface area (Å²) in [6.07, 6.45) is 4.47. The fourth-order valence-electron chi connectivity index (χ4n) is 2.45. The Morgan fingerprint density at radius 3 is 2.39 bits per heavy atom. The van der Waals surface area contributed by atoms with Crippen LogP contribution in [-0.2, 0) is 4.79 Å². The van der Waals surface area contributed by atoms with Gasteiger partial charge in [0.2, 0.25) is 5.91 Å². The van der Waals surface area contributed by atoms with Gasteiger partial charge in [-0.2, -0.15) is 0 Å². The third kappa shape index (κ3) is 6.43. The molecule has 0 saturated carbocycles. The molecule has 0 radical (unpaired) electrons. The van der Waals surface area contributed by atoms with Crippen molar-refractivity contribution in [1.29, 1.82) is 0 Å². The number of hydrogen-bond acceptors (Lipinski definition) is 2. The summed E-state index contributed by atoms with van der Waals surface area (Å²) >= 11 is 0. The second-order valence-electron chi connectivity index (χ2n) is 6.36. The Kier molecular flexibility index (Phi) is 8.38. The van der Waals surface area contributed by atoms with Crippen LogP contribution in [0.25, 0.3) is 0 Å². The number of carbonyl (C=O) groups is 2. The average molecular weight is 318 g/mol. The molecule has 128 valence electrons. The summed E-state index contributed by atoms with van der Waals surface area (Å²) in [7, 11) is 0. The van der Waals surface area contributed by atoms with Gasteiger partial charge in [-0.05, 0) is 30.9 Å². The molecule has 0 spiro atoms. The molecule has 2 amide bonds. The molecule has 0 aliphatic carbocycles. The standard InChI is InChI=1S/C19H30N2O2/c1-5-6-7-10-13-20-19(23)17(14(2)3)21-18(22)16-12-9-8-11-15(16)4/h8-9,11-12,14,17H,5-7,10,13H2,1-4H3,(H,20,23)(H,21,22). The van der Waals surface area contributed by atoms with Gasteiger partial charge in [0.05, 0.1) is 0 Å². The molecule has 1 aromatic rings. The van der Waals surface area contributed by atoms with Crippen molar-refractivity contribution in [2.75, 3.05) is 6.54 Å². The third-order valence-corrected chi connectivity index (χ3v) is 3.95. The topological polar surface area (TPSA) is 58.2 Å². The van der Waals surface area contributed by atoms with Crippen molar-refractivity contribution in [2.24, 2.45) is 5.92 Å². The molecule has 4 heteroatoms. The minimum absolute atomic E-state index is 0.0404. The van der Waals surface area contributed by atoms with E-state index in [-0.39, 0.29) is 17.7 Å². The van der Waals surface area contributed by atoms with Crippen LogP contribution in [0.1, 0.15) is 62.4 Å². The fraction of sp³-hybridized carbons (Fsp3) is 0.579. The molecule has 0 bridgehead atoms. The predicted octanol–water partition coefficient (Wildman–Crippen LogP) is 3.45. The minimum Gasteiger partial charge on any atom is -0.354 e. The maximum Gasteiger partial charge on any atom is 0.252 e. The summed E-state index contributed by atoms with van der Waals surface area (Å²) in [5.74, 6) is -0.250. The van der Waals surface area contributed by atoms with Crippen LogP contribution in [0.5, 0.6) is 0 Å². The number of unbranched alkanes of at least 4 members (excludes halogenated alkanes) is 3. The number of aryl methyl sites for hydroxylation is 1. The second kappa shape index (κ2) is 10.0. The van der Waals surface area contributed by atoms with Crippen LogP contribution in [0, 0.1) is 12.8 Å². The van der Waals surface area contributed by atoms with E-state index in [1.165, 1.54) is 12.8 Å². The molecule has 0 aliphatic heterocycles. The highest BCUT2D eigenvalue weighted by molar-refractivity contribution is 5.98. The molecule has 1 atom stereocenters. The Morgan fingerprint density at radius 2 is 1.78 bits per heavy atom. The van der Waals surface area contributed by atoms with E-state index in [1.807, 2.05) is 39.0 Å². The molecule has 0 fully saturated rings. The lowest BCUT2D eigenvalue weighted by molar-refractivity contribution is -0.123. The SMILES string of the molecule is CCCCCCNC(=O)C(NC(=O)c1ccccc1C)C(C)C. The van der Waals surface area contributed by atoms with Crippen LogP contribution in [0.15, 0.2) is 24.3 Å². The van der Waals surface area contributed by atoms with Crippen LogP contribution in [0.3, 0.4) is 0 Å². The van der Waals surface area contributed by atoms with E-state index in [0.29, 0.717) is 12.1 Å². The van der Waals surface area contributed by atoms with Crippen molar-refractivity contribution in [3.8, 4) is 0 Å². The molecule has 4 nitrogen and oxygen atoms in total. The first-order valence-electron chi connectivity index (χ1n) is 8.61. The summed E-state index contributed by atoms with van der Waals surface area (Å²) in [6.45, 7) is 8.61. The summed E-state index contributed by atoms with van der Waals surface area (Å²) in [4.78, 5) is 24.8. The van der Waals surface area contributed by atoms with Gasteiger partial charge in [0.25, 0.3) is 5.91 Å². The smallest absolute Gasteiger partial charge is 0.252 e. The number of hydrogen-bond donors (Lipinski definition) is 2. The van der Waals surface area contributed by atoms with Gasteiger partial charge in [0.1, 0.15) is 6.04 Å². The van der Waals surface area contributed by atoms with Crippen molar-refractivity contribution < 1.29 is 9.59 Å². The average Bonchev–Trinajstić information content (AvgIpc) is 2.52. The van der Waals surface area contributed by atoms with Crippen molar-refractivity contribution >= 4 is 11.8 Å². The van der Waals surface area contributed by atoms with E-state index >= 15 is 0 Å². The van der Waals surface area contributed by atoms with E-state index in [4.69, 9.17) is 0 Å². The van der Waals surface area contributed by atoms with Gasteiger partial charge in [-0.15, -0.1) is 0 Å². The van der Waals surface area contributed by atoms with Gasteiger partial charge < -0.3 is 10.6 Å². The molecule has 0 aromatic heterocycles. The Hall–Kier alpha value is -1.84. The number of rotatable bonds is 9. The van der Waals surface area contributed by atoms with Gasteiger partial charge in [-0.3, -0.25) is 9.59 Å². The minimum atomic E-state index is -0.506. The highest BCUT2D eigenvalue weighted by Gasteiger charge is 2.24. The van der Waals surface area contributed by atoms with E-state index in [9.17, 15) is 9.59 Å². The maximum absolute atomic E-state index is 12.4. The van der Waals surface area contributed by atoms with Gasteiger partial charge in [-0.25, -0.2) is 0 Å². The largest absolute Gasteiger partial charge is 0.354 e. The monoisotopic (exact) mass is 318 g/mol. The Labute approximate surface area is 140 Å². The van der Waals surface area contributed by atoms with Gasteiger partial charge in [0, 0.05) is 12.1 Å². The maximum atomic E-state index is 12.4. The summed E-state index contributed by atoms with van der Waals surface area (Å²) in [6, 6.07) is 6.90. The third-order valence-electron chi connectivity index (χ3n) is 3.95. The van der Waals surface area contributed by atoms with Crippen LogP contribution >= 0.6 is 0 Å². The Bertz CT molecular complexity index is 512. The number of nitrogens with one attached hydrogen (secondary N) is 2. The molecule has 0 aliphatic rings. The number of carbonyl (C=O) groups excluding carboxylic acids is 2. The Balaban J connectivity index is 2.59. The van der Waals surface area contributed by atoms with E-state index in [1.54, 1.807) is 6.07 Å². The molecule has 1 aromatic carbocycles. The normalized spacial score (nSPS) is 12.0. The first-order valence-corrected chi connectivity index (χ1v) is 8.61. The van der Waals surface area contributed by atoms with Crippen molar-refractivity contribution in [1.82, 2.24) is 10.6 Å². The molecular formula is C19H30N2O2. The number of amides is 2. The molecule has 0 heterocycles. The van der Waals surface area contributed by atoms with E-state index in [0.717, 1.165) is 18.4 Å². The highest BCUT2D eigenvalue weighted by atomic mass is 16.2. The zero-order valence-corrected chi connectivity index (χ0v) is 14.8. The van der Waals surface area contributed by atoms with Gasteiger partial charge in [0.15, 0.2) is 0 Å². The quantitative estimate of drug-likeness (QED) is 0.685. The van der Waals surface area contributed by atoms with Crippen LogP contribution < -0.4 is 10.6 Å². The molecular weight excluding hydrogens is 288 g/mol. The Morgan fingerprint density at radius 1 is 1.09 bits per heavy atom. The van der Waals surface area contributed by atoms with Crippen LogP contribution in [0.4, 0.5) is 0 Å². The van der Waals surface area contributed by atoms with Crippen LogP contribution in [0.2, 0.25) is 0 Å². The fourth-order valence-corrected chi connectivity index (χ4v) is 2.45. The first-order chi connectivity index (χ1) is 11.0. The van der Waals surface area contributed by atoms with Gasteiger partial charge in [-0.1, -0.05) is 58.2 Å². The zero-order chi connectivity index (χ0) is 17.2. The number of benzene rings is 1. The highest BCUT2D eigenvalue weighted by Crippen LogP contribution is 2.09. The predicted molar refractivity (Wildman–Crippen MR) is 94.4 cm³/mol. The van der Waals surface area contributed by atoms with E-state index in [2.05, 4.69) is 17.6 Å². The van der Waals surface area contributed by atoms with Crippen molar-refractivity contribution in [2.45, 2.75) is 59.4 Å². The van der Waals surface area contributed by atoms with Gasteiger partial charge >= 0.3 is 0 Å². The summed E-state index contributed by atoms with van der Waals surface area (Å²) in [5, 5.41) is 5.82. The molecule has 23 heavy (non-hydrogen) atoms. The lowest BCUT2D eigenvalue weighted by Gasteiger charge is -2.22. The zero-order valence-electron chi connectivity index (χ0n) is 14.8. The molecule has 0 saturated heterocycles. The van der Waals surface area contributed by atoms with Crippen molar-refractivity contribution in [3.63, 3.8) is 0 Å². The molecule has 1 unspecified atom stereocenters. The van der Waals surface area contributed by atoms with Crippen molar-refractivity contribution in [3.05, 3.63) is 35.4 Å². The summed E-state index contributed by atoms with van der Waals surface area (Å²) < 4.78 is 0. The van der Waals surface area contributed by atoms with E-state index < -0.39 is 6.04 Å². The lowest BCUT2D eigenvalue weighted by atomic mass is 10.0. The second-order valence-corrected chi connectivity index (χ2v) is 6.36. The summed E-state index contributed by atoms with van der Waals surface area (Å²) in [5.41, 5.74) is 1.53. The molecule has 1 rings (SSSR count).